The van der Waals surface area contributed by atoms with Crippen LogP contribution in [0, 0.1) is 6.92 Å². The van der Waals surface area contributed by atoms with Crippen LogP contribution in [0.4, 0.5) is 11.6 Å². The Hall–Kier alpha value is -2.92. The zero-order chi connectivity index (χ0) is 22.3. The molecular formula is C22H23N5O4S. The fourth-order valence-corrected chi connectivity index (χ4v) is 5.19. The van der Waals surface area contributed by atoms with Gasteiger partial charge in [-0.15, -0.1) is 0 Å². The van der Waals surface area contributed by atoms with Crippen LogP contribution in [-0.4, -0.2) is 61.4 Å². The largest absolute Gasteiger partial charge is 0.395 e. The van der Waals surface area contributed by atoms with Gasteiger partial charge in [0.2, 0.25) is 16.0 Å². The molecule has 1 spiro atoms. The first kappa shape index (κ1) is 21.0. The van der Waals surface area contributed by atoms with E-state index in [1.807, 2.05) is 30.0 Å². The van der Waals surface area contributed by atoms with Gasteiger partial charge in [0, 0.05) is 42.9 Å². The van der Waals surface area contributed by atoms with Crippen molar-refractivity contribution in [1.82, 2.24) is 19.7 Å². The number of hydrogen-bond acceptors (Lipinski definition) is 8. The van der Waals surface area contributed by atoms with Crippen LogP contribution >= 0.6 is 0 Å². The molecule has 0 amide bonds. The van der Waals surface area contributed by atoms with Gasteiger partial charge in [-0.1, -0.05) is 6.07 Å². The maximum Gasteiger partial charge on any atom is 0.240 e. The van der Waals surface area contributed by atoms with E-state index in [-0.39, 0.29) is 23.5 Å². The summed E-state index contributed by atoms with van der Waals surface area (Å²) in [5.74, 6) is 0.490. The van der Waals surface area contributed by atoms with Crippen molar-refractivity contribution in [3.8, 4) is 11.3 Å². The van der Waals surface area contributed by atoms with E-state index >= 15 is 0 Å². The van der Waals surface area contributed by atoms with Gasteiger partial charge in [-0.3, -0.25) is 4.98 Å². The monoisotopic (exact) mass is 453 g/mol. The molecule has 3 aromatic rings. The van der Waals surface area contributed by atoms with Gasteiger partial charge in [-0.2, -0.15) is 0 Å². The van der Waals surface area contributed by atoms with Gasteiger partial charge in [0.1, 0.15) is 0 Å². The third-order valence-electron chi connectivity index (χ3n) is 5.85. The van der Waals surface area contributed by atoms with Crippen LogP contribution in [0.5, 0.6) is 0 Å². The molecule has 0 saturated carbocycles. The summed E-state index contributed by atoms with van der Waals surface area (Å²) in [5, 5.41) is 8.98. The Morgan fingerprint density at radius 2 is 1.94 bits per heavy atom. The van der Waals surface area contributed by atoms with E-state index in [4.69, 9.17) is 9.84 Å². The third kappa shape index (κ3) is 3.55. The molecule has 0 atom stereocenters. The highest BCUT2D eigenvalue weighted by Gasteiger charge is 2.49. The number of aliphatic hydroxyl groups excluding tert-OH is 1. The number of nitrogens with zero attached hydrogens (tertiary/aromatic N) is 4. The molecule has 10 heteroatoms. The third-order valence-corrected chi connectivity index (χ3v) is 7.31. The van der Waals surface area contributed by atoms with E-state index in [0.717, 1.165) is 28.1 Å². The van der Waals surface area contributed by atoms with Crippen LogP contribution in [0.3, 0.4) is 0 Å². The van der Waals surface area contributed by atoms with Crippen LogP contribution < -0.4 is 9.62 Å². The summed E-state index contributed by atoms with van der Waals surface area (Å²) in [6.07, 6.45) is 5.22. The summed E-state index contributed by atoms with van der Waals surface area (Å²) in [7, 11) is -3.74. The van der Waals surface area contributed by atoms with Crippen LogP contribution in [0.2, 0.25) is 0 Å². The van der Waals surface area contributed by atoms with Crippen molar-refractivity contribution >= 4 is 21.7 Å². The first-order chi connectivity index (χ1) is 15.4. The molecule has 0 radical (unpaired) electrons. The Balaban J connectivity index is 1.51. The average molecular weight is 454 g/mol. The molecule has 2 N–H and O–H groups in total. The van der Waals surface area contributed by atoms with Crippen molar-refractivity contribution in [3.63, 3.8) is 0 Å². The second kappa shape index (κ2) is 7.89. The number of sulfonamides is 1. The Morgan fingerprint density at radius 1 is 1.16 bits per heavy atom. The number of aliphatic hydroxyl groups is 1. The van der Waals surface area contributed by atoms with Gasteiger partial charge >= 0.3 is 0 Å². The minimum atomic E-state index is -3.74. The van der Waals surface area contributed by atoms with Gasteiger partial charge in [0.15, 0.2) is 0 Å². The second-order valence-electron chi connectivity index (χ2n) is 8.15. The molecule has 166 valence electrons. The van der Waals surface area contributed by atoms with Gasteiger partial charge in [0.25, 0.3) is 0 Å². The number of pyridine rings is 1. The molecule has 4 heterocycles. The molecule has 2 aliphatic rings. The highest BCUT2D eigenvalue weighted by molar-refractivity contribution is 7.89. The zero-order valence-corrected chi connectivity index (χ0v) is 18.3. The number of hydrogen-bond donors (Lipinski definition) is 2. The summed E-state index contributed by atoms with van der Waals surface area (Å²) >= 11 is 0. The predicted octanol–water partition coefficient (Wildman–Crippen LogP) is 1.54. The highest BCUT2D eigenvalue weighted by Crippen LogP contribution is 2.48. The van der Waals surface area contributed by atoms with Crippen LogP contribution in [0.15, 0.2) is 53.8 Å². The number of ether oxygens (including phenoxy) is 1. The molecule has 1 aromatic carbocycles. The molecule has 0 aliphatic carbocycles. The first-order valence-electron chi connectivity index (χ1n) is 10.3. The number of aromatic nitrogens is 3. The lowest BCUT2D eigenvalue weighted by molar-refractivity contribution is -0.0507. The fourth-order valence-electron chi connectivity index (χ4n) is 4.15. The number of aryl methyl sites for hydroxylation is 1. The molecular weight excluding hydrogens is 430 g/mol. The number of benzene rings is 1. The Kier molecular flexibility index (Phi) is 5.17. The van der Waals surface area contributed by atoms with Crippen molar-refractivity contribution in [2.75, 3.05) is 37.8 Å². The number of anilines is 2. The predicted molar refractivity (Wildman–Crippen MR) is 118 cm³/mol. The lowest BCUT2D eigenvalue weighted by Crippen LogP contribution is -2.49. The van der Waals surface area contributed by atoms with Crippen molar-refractivity contribution in [3.05, 3.63) is 60.0 Å². The summed E-state index contributed by atoms with van der Waals surface area (Å²) in [5.41, 5.74) is 4.28. The molecule has 9 nitrogen and oxygen atoms in total. The standard InChI is InChI=1S/C22H23N5O4S/c1-15-4-5-23-19(8-15)16-10-24-21(25-11-16)27-12-22(13-31-14-22)18-3-2-17(9-20(18)27)32(29,30)26-6-7-28/h2-5,8-11,26,28H,6-7,12-14H2,1H3. The molecule has 1 saturated heterocycles. The lowest BCUT2D eigenvalue weighted by atomic mass is 9.81. The van der Waals surface area contributed by atoms with Crippen molar-refractivity contribution in [1.29, 1.82) is 0 Å². The minimum Gasteiger partial charge on any atom is -0.395 e. The maximum absolute atomic E-state index is 12.6. The van der Waals surface area contributed by atoms with E-state index in [1.54, 1.807) is 30.7 Å². The highest BCUT2D eigenvalue weighted by atomic mass is 32.2. The SMILES string of the molecule is Cc1ccnc(-c2cnc(N3CC4(COC4)c4ccc(S(=O)(=O)NCCO)cc43)nc2)c1. The first-order valence-corrected chi connectivity index (χ1v) is 11.8. The summed E-state index contributed by atoms with van der Waals surface area (Å²) in [6.45, 7) is 3.43. The Labute approximate surface area is 186 Å². The molecule has 2 aliphatic heterocycles. The lowest BCUT2D eigenvalue weighted by Gasteiger charge is -2.38. The van der Waals surface area contributed by atoms with Crippen molar-refractivity contribution in [2.24, 2.45) is 0 Å². The zero-order valence-electron chi connectivity index (χ0n) is 17.5. The number of rotatable bonds is 6. The average Bonchev–Trinajstić information content (AvgIpc) is 3.13. The maximum atomic E-state index is 12.6. The Morgan fingerprint density at radius 3 is 2.59 bits per heavy atom. The minimum absolute atomic E-state index is 0.0432. The van der Waals surface area contributed by atoms with Crippen molar-refractivity contribution in [2.45, 2.75) is 17.2 Å². The van der Waals surface area contributed by atoms with Gasteiger partial charge in [-0.05, 0) is 42.3 Å². The van der Waals surface area contributed by atoms with E-state index in [2.05, 4.69) is 19.7 Å². The Bertz CT molecular complexity index is 1260. The molecule has 2 aromatic heterocycles. The molecule has 5 rings (SSSR count). The van der Waals surface area contributed by atoms with E-state index < -0.39 is 10.0 Å². The summed E-state index contributed by atoms with van der Waals surface area (Å²) in [4.78, 5) is 15.6. The van der Waals surface area contributed by atoms with E-state index in [1.165, 1.54) is 0 Å². The fraction of sp³-hybridized carbons (Fsp3) is 0.318. The molecule has 0 unspecified atom stereocenters. The second-order valence-corrected chi connectivity index (χ2v) is 9.92. The van der Waals surface area contributed by atoms with Gasteiger partial charge < -0.3 is 14.7 Å². The summed E-state index contributed by atoms with van der Waals surface area (Å²) in [6, 6.07) is 8.98. The normalized spacial score (nSPS) is 16.8. The van der Waals surface area contributed by atoms with Crippen LogP contribution in [-0.2, 0) is 20.2 Å². The number of nitrogens with one attached hydrogen (secondary N) is 1. The topological polar surface area (TPSA) is 118 Å². The molecule has 0 bridgehead atoms. The van der Waals surface area contributed by atoms with E-state index in [9.17, 15) is 8.42 Å². The number of fused-ring (bicyclic) bond motifs is 2. The molecule has 32 heavy (non-hydrogen) atoms. The van der Waals surface area contributed by atoms with Gasteiger partial charge in [-0.25, -0.2) is 23.1 Å². The van der Waals surface area contributed by atoms with Crippen LogP contribution in [0.1, 0.15) is 11.1 Å². The smallest absolute Gasteiger partial charge is 0.240 e. The van der Waals surface area contributed by atoms with Crippen molar-refractivity contribution < 1.29 is 18.3 Å². The van der Waals surface area contributed by atoms with E-state index in [0.29, 0.717) is 25.7 Å². The summed E-state index contributed by atoms with van der Waals surface area (Å²) < 4.78 is 33.1. The van der Waals surface area contributed by atoms with Crippen LogP contribution in [0.25, 0.3) is 11.3 Å². The molecule has 1 fully saturated rings. The van der Waals surface area contributed by atoms with Gasteiger partial charge in [0.05, 0.1) is 35.8 Å². The quantitative estimate of drug-likeness (QED) is 0.577.